The Labute approximate surface area is 309 Å². The molecular weight excluding hydrogens is 686 g/mol. The highest BCUT2D eigenvalue weighted by Gasteiger charge is 2.32. The Morgan fingerprint density at radius 3 is 2.23 bits per heavy atom. The van der Waals surface area contributed by atoms with Crippen molar-refractivity contribution in [3.8, 4) is 0 Å². The Kier molecular flexibility index (Phi) is 15.8. The van der Waals surface area contributed by atoms with Crippen molar-refractivity contribution in [2.24, 2.45) is 13.0 Å². The third-order valence-electron chi connectivity index (χ3n) is 8.89. The molecule has 4 rings (SSSR count). The number of para-hydroxylation sites is 1. The molecule has 3 unspecified atom stereocenters. The molecular formula is C37H51N7O9. The predicted molar refractivity (Wildman–Crippen MR) is 195 cm³/mol. The lowest BCUT2D eigenvalue weighted by molar-refractivity contribution is -0.758. The molecule has 3 heterocycles. The number of pyridine rings is 1. The standard InChI is InChI=1S/C37H51N7O9/c1-26(2)22-30(41-37(48)43-16-10-4-5-11-17-43)34(45)39-31(23-27-25-42(3)33-14-7-6-13-29(27)33)35(46)40-32(24-28-12-8-9-15-38-28)36(47)52-20-18-51-19-21-53-44(49)50/h6-9,12-15,25-26,30-32H,4-5,10-11,16-24H2,1-3H3,(H,39,45)(H,40,46)(H,41,48). The zero-order chi connectivity index (χ0) is 38.2. The molecule has 53 heavy (non-hydrogen) atoms. The van der Waals surface area contributed by atoms with E-state index in [0.29, 0.717) is 25.2 Å². The van der Waals surface area contributed by atoms with Gasteiger partial charge in [-0.15, -0.1) is 10.1 Å². The number of fused-ring (bicyclic) bond motifs is 1. The summed E-state index contributed by atoms with van der Waals surface area (Å²) in [6.45, 7) is 4.54. The Hall–Kier alpha value is -5.25. The minimum absolute atomic E-state index is 0.000252. The number of rotatable bonds is 19. The molecule has 0 radical (unpaired) electrons. The number of aryl methyl sites for hydroxylation is 1. The summed E-state index contributed by atoms with van der Waals surface area (Å²) in [5, 5.41) is 18.9. The molecule has 3 aromatic rings. The van der Waals surface area contributed by atoms with E-state index in [1.807, 2.05) is 55.9 Å². The monoisotopic (exact) mass is 737 g/mol. The number of carbonyl (C=O) groups is 4. The number of benzene rings is 1. The summed E-state index contributed by atoms with van der Waals surface area (Å²) < 4.78 is 12.6. The highest BCUT2D eigenvalue weighted by Crippen LogP contribution is 2.22. The van der Waals surface area contributed by atoms with Gasteiger partial charge in [0.15, 0.2) is 0 Å². The van der Waals surface area contributed by atoms with Crippen LogP contribution in [0.1, 0.15) is 57.2 Å². The molecule has 0 saturated carbocycles. The van der Waals surface area contributed by atoms with Crippen LogP contribution in [0, 0.1) is 16.0 Å². The number of likely N-dealkylation sites (tertiary alicyclic amines) is 1. The highest BCUT2D eigenvalue weighted by molar-refractivity contribution is 5.94. The summed E-state index contributed by atoms with van der Waals surface area (Å²) in [5.41, 5.74) is 2.27. The second-order valence-electron chi connectivity index (χ2n) is 13.5. The largest absolute Gasteiger partial charge is 0.462 e. The molecule has 16 heteroatoms. The first-order chi connectivity index (χ1) is 25.5. The maximum absolute atomic E-state index is 14.2. The molecule has 1 aromatic carbocycles. The van der Waals surface area contributed by atoms with Gasteiger partial charge in [0.05, 0.1) is 13.2 Å². The van der Waals surface area contributed by atoms with E-state index in [-0.39, 0.29) is 51.2 Å². The molecule has 1 aliphatic heterocycles. The summed E-state index contributed by atoms with van der Waals surface area (Å²) in [5.74, 6) is -1.83. The number of esters is 1. The van der Waals surface area contributed by atoms with E-state index in [1.165, 1.54) is 0 Å². The summed E-state index contributed by atoms with van der Waals surface area (Å²) in [6.07, 6.45) is 7.81. The van der Waals surface area contributed by atoms with E-state index in [0.717, 1.165) is 42.1 Å². The van der Waals surface area contributed by atoms with E-state index in [1.54, 1.807) is 29.3 Å². The molecule has 0 spiro atoms. The van der Waals surface area contributed by atoms with Gasteiger partial charge < -0.3 is 39.7 Å². The van der Waals surface area contributed by atoms with Gasteiger partial charge in [0.25, 0.3) is 5.09 Å². The van der Waals surface area contributed by atoms with Crippen molar-refractivity contribution in [2.45, 2.75) is 76.9 Å². The summed E-state index contributed by atoms with van der Waals surface area (Å²) >= 11 is 0. The van der Waals surface area contributed by atoms with Crippen molar-refractivity contribution in [1.82, 2.24) is 30.4 Å². The van der Waals surface area contributed by atoms with Crippen LogP contribution in [0.4, 0.5) is 4.79 Å². The van der Waals surface area contributed by atoms with Crippen molar-refractivity contribution in [2.75, 3.05) is 39.5 Å². The van der Waals surface area contributed by atoms with Crippen LogP contribution in [0.15, 0.2) is 54.9 Å². The van der Waals surface area contributed by atoms with Crippen molar-refractivity contribution in [1.29, 1.82) is 0 Å². The van der Waals surface area contributed by atoms with E-state index in [4.69, 9.17) is 9.47 Å². The minimum Gasteiger partial charge on any atom is -0.462 e. The van der Waals surface area contributed by atoms with Crippen molar-refractivity contribution in [3.63, 3.8) is 0 Å². The summed E-state index contributed by atoms with van der Waals surface area (Å²) in [7, 11) is 1.90. The topological polar surface area (TPSA) is 196 Å². The molecule has 3 atom stereocenters. The first-order valence-electron chi connectivity index (χ1n) is 18.1. The third-order valence-corrected chi connectivity index (χ3v) is 8.89. The number of hydrogen-bond acceptors (Lipinski definition) is 10. The second-order valence-corrected chi connectivity index (χ2v) is 13.5. The van der Waals surface area contributed by atoms with Crippen LogP contribution in [-0.4, -0.2) is 101 Å². The van der Waals surface area contributed by atoms with Gasteiger partial charge in [-0.05, 0) is 48.9 Å². The van der Waals surface area contributed by atoms with E-state index >= 15 is 0 Å². The lowest BCUT2D eigenvalue weighted by Gasteiger charge is -2.28. The maximum Gasteiger partial charge on any atom is 0.329 e. The highest BCUT2D eigenvalue weighted by atomic mass is 17.0. The first kappa shape index (κ1) is 40.5. The third kappa shape index (κ3) is 13.0. The van der Waals surface area contributed by atoms with Crippen LogP contribution in [0.5, 0.6) is 0 Å². The number of aromatic nitrogens is 2. The van der Waals surface area contributed by atoms with Gasteiger partial charge >= 0.3 is 12.0 Å². The van der Waals surface area contributed by atoms with Crippen LogP contribution < -0.4 is 16.0 Å². The number of ether oxygens (including phenoxy) is 2. The van der Waals surface area contributed by atoms with Gasteiger partial charge in [-0.1, -0.05) is 51.0 Å². The average Bonchev–Trinajstić information content (AvgIpc) is 3.27. The molecule has 0 aliphatic carbocycles. The molecule has 3 N–H and O–H groups in total. The number of nitrogens with zero attached hydrogens (tertiary/aromatic N) is 4. The number of hydrogen-bond donors (Lipinski definition) is 3. The molecule has 1 saturated heterocycles. The number of nitrogens with one attached hydrogen (secondary N) is 3. The van der Waals surface area contributed by atoms with E-state index < -0.39 is 41.0 Å². The zero-order valence-electron chi connectivity index (χ0n) is 30.7. The Morgan fingerprint density at radius 2 is 1.53 bits per heavy atom. The van der Waals surface area contributed by atoms with Crippen LogP contribution in [-0.2, 0) is 48.6 Å². The second kappa shape index (κ2) is 20.7. The minimum atomic E-state index is -1.18. The van der Waals surface area contributed by atoms with E-state index in [9.17, 15) is 29.3 Å². The number of carbonyl (C=O) groups excluding carboxylic acids is 4. The molecule has 4 amide bonds. The molecule has 16 nitrogen and oxygen atoms in total. The van der Waals surface area contributed by atoms with Crippen molar-refractivity contribution < 1.29 is 38.6 Å². The van der Waals surface area contributed by atoms with Crippen molar-refractivity contribution >= 4 is 34.7 Å². The molecule has 2 aromatic heterocycles. The Balaban J connectivity index is 1.54. The molecule has 288 valence electrons. The van der Waals surface area contributed by atoms with Gasteiger partial charge in [-0.3, -0.25) is 14.6 Å². The number of urea groups is 1. The number of amides is 4. The molecule has 0 bridgehead atoms. The van der Waals surface area contributed by atoms with Crippen LogP contribution >= 0.6 is 0 Å². The van der Waals surface area contributed by atoms with Gasteiger partial charge in [-0.2, -0.15) is 0 Å². The van der Waals surface area contributed by atoms with E-state index in [2.05, 4.69) is 25.8 Å². The normalized spacial score (nSPS) is 14.8. The SMILES string of the molecule is CC(C)CC(NC(=O)N1CCCCCC1)C(=O)NC(Cc1cn(C)c2ccccc12)C(=O)NC(Cc1ccccn1)C(=O)OCCOCCO[N+](=O)[O-]. The van der Waals surface area contributed by atoms with Gasteiger partial charge in [0.2, 0.25) is 11.8 Å². The lowest BCUT2D eigenvalue weighted by atomic mass is 10.0. The molecule has 1 fully saturated rings. The predicted octanol–water partition coefficient (Wildman–Crippen LogP) is 3.10. The lowest BCUT2D eigenvalue weighted by Crippen LogP contribution is -2.58. The average molecular weight is 738 g/mol. The van der Waals surface area contributed by atoms with Gasteiger partial charge in [0, 0.05) is 62.0 Å². The Morgan fingerprint density at radius 1 is 0.849 bits per heavy atom. The van der Waals surface area contributed by atoms with Crippen molar-refractivity contribution in [3.05, 3.63) is 76.2 Å². The zero-order valence-corrected chi connectivity index (χ0v) is 30.7. The smallest absolute Gasteiger partial charge is 0.329 e. The van der Waals surface area contributed by atoms with Crippen LogP contribution in [0.2, 0.25) is 0 Å². The maximum atomic E-state index is 14.2. The fraction of sp³-hybridized carbons (Fsp3) is 0.541. The molecule has 1 aliphatic rings. The quantitative estimate of drug-likeness (QED) is 0.0712. The fourth-order valence-electron chi connectivity index (χ4n) is 6.27. The summed E-state index contributed by atoms with van der Waals surface area (Å²) in [4.78, 5) is 75.6. The van der Waals surface area contributed by atoms with Crippen LogP contribution in [0.3, 0.4) is 0 Å². The van der Waals surface area contributed by atoms with Crippen LogP contribution in [0.25, 0.3) is 10.9 Å². The van der Waals surface area contributed by atoms with Gasteiger partial charge in [-0.25, -0.2) is 9.59 Å². The summed E-state index contributed by atoms with van der Waals surface area (Å²) in [6, 6.07) is 9.38. The Bertz CT molecular complexity index is 1660. The first-order valence-corrected chi connectivity index (χ1v) is 18.1. The van der Waals surface area contributed by atoms with Gasteiger partial charge in [0.1, 0.15) is 31.3 Å². The fourth-order valence-corrected chi connectivity index (χ4v) is 6.27.